The number of aliphatic hydroxyl groups is 1. The number of anilines is 2. The van der Waals surface area contributed by atoms with E-state index >= 15 is 0 Å². The van der Waals surface area contributed by atoms with Crippen LogP contribution in [0.4, 0.5) is 15.8 Å². The van der Waals surface area contributed by atoms with Gasteiger partial charge in [0, 0.05) is 31.9 Å². The van der Waals surface area contributed by atoms with E-state index in [0.717, 1.165) is 17.3 Å². The number of nitrogen functional groups attached to an aromatic ring is 1. The van der Waals surface area contributed by atoms with Gasteiger partial charge in [0.15, 0.2) is 0 Å². The van der Waals surface area contributed by atoms with Crippen LogP contribution in [0.3, 0.4) is 0 Å². The predicted octanol–water partition coefficient (Wildman–Crippen LogP) is 2.15. The molecule has 2 aromatic rings. The third-order valence-corrected chi connectivity index (χ3v) is 6.68. The first kappa shape index (κ1) is 19.6. The minimum Gasteiger partial charge on any atom is -0.396 e. The van der Waals surface area contributed by atoms with Gasteiger partial charge in [-0.15, -0.1) is 0 Å². The lowest BCUT2D eigenvalue weighted by atomic mass is 9.98. The first-order chi connectivity index (χ1) is 12.6. The summed E-state index contributed by atoms with van der Waals surface area (Å²) < 4.78 is 40.4. The van der Waals surface area contributed by atoms with Gasteiger partial charge in [-0.1, -0.05) is 12.1 Å². The van der Waals surface area contributed by atoms with E-state index in [2.05, 4.69) is 4.90 Å². The SMILES string of the molecule is CC(C)(O)c1ccc(N2CCN(S(=O)(=O)c3ccc(N)c(F)c3)CC2)cc1. The number of rotatable bonds is 4. The minimum atomic E-state index is -3.75. The molecule has 0 aliphatic carbocycles. The van der Waals surface area contributed by atoms with Crippen molar-refractivity contribution in [3.8, 4) is 0 Å². The lowest BCUT2D eigenvalue weighted by Gasteiger charge is -2.35. The third kappa shape index (κ3) is 4.07. The second-order valence-corrected chi connectivity index (χ2v) is 9.12. The number of hydrogen-bond donors (Lipinski definition) is 2. The Bertz CT molecular complexity index is 916. The van der Waals surface area contributed by atoms with Crippen LogP contribution in [0.5, 0.6) is 0 Å². The summed E-state index contributed by atoms with van der Waals surface area (Å²) >= 11 is 0. The maximum Gasteiger partial charge on any atom is 0.243 e. The molecule has 0 aromatic heterocycles. The number of hydrogen-bond acceptors (Lipinski definition) is 5. The van der Waals surface area contributed by atoms with E-state index in [-0.39, 0.29) is 10.6 Å². The van der Waals surface area contributed by atoms with Gasteiger partial charge in [-0.25, -0.2) is 12.8 Å². The summed E-state index contributed by atoms with van der Waals surface area (Å²) in [6, 6.07) is 11.1. The molecule has 3 N–H and O–H groups in total. The fourth-order valence-electron chi connectivity index (χ4n) is 3.08. The molecular weight excluding hydrogens is 369 g/mol. The van der Waals surface area contributed by atoms with E-state index in [0.29, 0.717) is 26.2 Å². The van der Waals surface area contributed by atoms with E-state index in [1.54, 1.807) is 13.8 Å². The van der Waals surface area contributed by atoms with Crippen molar-refractivity contribution in [1.29, 1.82) is 0 Å². The van der Waals surface area contributed by atoms with Crippen molar-refractivity contribution in [2.24, 2.45) is 0 Å². The molecular formula is C19H24FN3O3S. The summed E-state index contributed by atoms with van der Waals surface area (Å²) in [5.74, 6) is -0.735. The maximum atomic E-state index is 13.6. The largest absolute Gasteiger partial charge is 0.396 e. The Morgan fingerprint density at radius 3 is 2.15 bits per heavy atom. The van der Waals surface area contributed by atoms with E-state index in [9.17, 15) is 17.9 Å². The zero-order valence-electron chi connectivity index (χ0n) is 15.4. The molecule has 2 aromatic carbocycles. The Balaban J connectivity index is 1.70. The minimum absolute atomic E-state index is 0.0757. The van der Waals surface area contributed by atoms with Crippen LogP contribution in [0, 0.1) is 5.82 Å². The Labute approximate surface area is 159 Å². The van der Waals surface area contributed by atoms with E-state index in [1.807, 2.05) is 24.3 Å². The molecule has 0 atom stereocenters. The second-order valence-electron chi connectivity index (χ2n) is 7.18. The van der Waals surface area contributed by atoms with Gasteiger partial charge in [0.05, 0.1) is 16.2 Å². The van der Waals surface area contributed by atoms with Gasteiger partial charge in [-0.05, 0) is 49.7 Å². The Morgan fingerprint density at radius 1 is 1.04 bits per heavy atom. The Kier molecular flexibility index (Phi) is 5.16. The number of nitrogens with zero attached hydrogens (tertiary/aromatic N) is 2. The number of sulfonamides is 1. The predicted molar refractivity (Wildman–Crippen MR) is 103 cm³/mol. The molecule has 0 spiro atoms. The van der Waals surface area contributed by atoms with Crippen molar-refractivity contribution in [2.75, 3.05) is 36.8 Å². The van der Waals surface area contributed by atoms with Crippen LogP contribution in [-0.2, 0) is 15.6 Å². The Morgan fingerprint density at radius 2 is 1.63 bits per heavy atom. The van der Waals surface area contributed by atoms with Gasteiger partial charge in [-0.2, -0.15) is 4.31 Å². The summed E-state index contributed by atoms with van der Waals surface area (Å²) in [7, 11) is -3.75. The van der Waals surface area contributed by atoms with Crippen molar-refractivity contribution < 1.29 is 17.9 Å². The molecule has 0 unspecified atom stereocenters. The molecule has 1 saturated heterocycles. The third-order valence-electron chi connectivity index (χ3n) is 4.79. The van der Waals surface area contributed by atoms with E-state index < -0.39 is 21.4 Å². The van der Waals surface area contributed by atoms with Crippen molar-refractivity contribution in [1.82, 2.24) is 4.31 Å². The summed E-state index contributed by atoms with van der Waals surface area (Å²) in [6.07, 6.45) is 0. The standard InChI is InChI=1S/C19H24FN3O3S/c1-19(2,24)14-3-5-15(6-4-14)22-9-11-23(12-10-22)27(25,26)16-7-8-18(21)17(20)13-16/h3-8,13,24H,9-12,21H2,1-2H3. The van der Waals surface area contributed by atoms with Gasteiger partial charge in [-0.3, -0.25) is 0 Å². The van der Waals surface area contributed by atoms with Crippen LogP contribution in [0.1, 0.15) is 19.4 Å². The quantitative estimate of drug-likeness (QED) is 0.778. The van der Waals surface area contributed by atoms with Crippen LogP contribution in [0.25, 0.3) is 0 Å². The molecule has 0 saturated carbocycles. The highest BCUT2D eigenvalue weighted by atomic mass is 32.2. The summed E-state index contributed by atoms with van der Waals surface area (Å²) in [4.78, 5) is 2.00. The topological polar surface area (TPSA) is 86.9 Å². The Hall–Kier alpha value is -2.16. The highest BCUT2D eigenvalue weighted by Crippen LogP contribution is 2.26. The summed E-state index contributed by atoms with van der Waals surface area (Å²) in [5.41, 5.74) is 6.23. The molecule has 0 amide bonds. The van der Waals surface area contributed by atoms with Gasteiger partial charge < -0.3 is 15.7 Å². The van der Waals surface area contributed by atoms with Crippen molar-refractivity contribution in [3.05, 3.63) is 53.8 Å². The van der Waals surface area contributed by atoms with E-state index in [4.69, 9.17) is 5.73 Å². The number of benzene rings is 2. The molecule has 3 rings (SSSR count). The number of nitrogens with two attached hydrogens (primary N) is 1. The van der Waals surface area contributed by atoms with Gasteiger partial charge >= 0.3 is 0 Å². The molecule has 6 nitrogen and oxygen atoms in total. The molecule has 0 bridgehead atoms. The van der Waals surface area contributed by atoms with Crippen molar-refractivity contribution in [3.63, 3.8) is 0 Å². The zero-order chi connectivity index (χ0) is 19.8. The van der Waals surface area contributed by atoms with Crippen LogP contribution < -0.4 is 10.6 Å². The van der Waals surface area contributed by atoms with Crippen LogP contribution >= 0.6 is 0 Å². The molecule has 0 radical (unpaired) electrons. The highest BCUT2D eigenvalue weighted by molar-refractivity contribution is 7.89. The second kappa shape index (κ2) is 7.10. The van der Waals surface area contributed by atoms with Crippen LogP contribution in [0.15, 0.2) is 47.4 Å². The first-order valence-electron chi connectivity index (χ1n) is 8.72. The highest BCUT2D eigenvalue weighted by Gasteiger charge is 2.29. The maximum absolute atomic E-state index is 13.6. The number of piperazine rings is 1. The van der Waals surface area contributed by atoms with Crippen LogP contribution in [0.2, 0.25) is 0 Å². The number of halogens is 1. The van der Waals surface area contributed by atoms with Crippen LogP contribution in [-0.4, -0.2) is 44.0 Å². The smallest absolute Gasteiger partial charge is 0.243 e. The normalized spacial score (nSPS) is 16.5. The lowest BCUT2D eigenvalue weighted by molar-refractivity contribution is 0.0786. The average Bonchev–Trinajstić information content (AvgIpc) is 2.63. The molecule has 1 aliphatic heterocycles. The molecule has 27 heavy (non-hydrogen) atoms. The first-order valence-corrected chi connectivity index (χ1v) is 10.2. The molecule has 146 valence electrons. The van der Waals surface area contributed by atoms with Crippen molar-refractivity contribution >= 4 is 21.4 Å². The fourth-order valence-corrected chi connectivity index (χ4v) is 4.52. The van der Waals surface area contributed by atoms with Gasteiger partial charge in [0.2, 0.25) is 10.0 Å². The summed E-state index contributed by atoms with van der Waals surface area (Å²) in [6.45, 7) is 5.12. The van der Waals surface area contributed by atoms with E-state index in [1.165, 1.54) is 16.4 Å². The monoisotopic (exact) mass is 393 g/mol. The zero-order valence-corrected chi connectivity index (χ0v) is 16.2. The molecule has 8 heteroatoms. The molecule has 1 heterocycles. The fraction of sp³-hybridized carbons (Fsp3) is 0.368. The average molecular weight is 393 g/mol. The molecule has 1 fully saturated rings. The lowest BCUT2D eigenvalue weighted by Crippen LogP contribution is -2.48. The molecule has 1 aliphatic rings. The van der Waals surface area contributed by atoms with Gasteiger partial charge in [0.25, 0.3) is 0 Å². The van der Waals surface area contributed by atoms with Crippen molar-refractivity contribution in [2.45, 2.75) is 24.3 Å². The van der Waals surface area contributed by atoms with Gasteiger partial charge in [0.1, 0.15) is 5.82 Å². The summed E-state index contributed by atoms with van der Waals surface area (Å²) in [5, 5.41) is 10.0.